The number of rotatable bonds is 5. The largest absolute Gasteiger partial charge is 0.454 e. The monoisotopic (exact) mass is 332 g/mol. The van der Waals surface area contributed by atoms with Gasteiger partial charge in [0, 0.05) is 18.1 Å². The molecule has 0 aromatic heterocycles. The first kappa shape index (κ1) is 15.5. The predicted octanol–water partition coefficient (Wildman–Crippen LogP) is 3.11. The summed E-state index contributed by atoms with van der Waals surface area (Å²) in [5.41, 5.74) is 1.97. The Hall–Kier alpha value is -2.40. The van der Waals surface area contributed by atoms with Gasteiger partial charge >= 0.3 is 6.03 Å². The number of hydrogen-bond acceptors (Lipinski definition) is 3. The Morgan fingerprint density at radius 1 is 1.09 bits per heavy atom. The van der Waals surface area contributed by atoms with Crippen LogP contribution in [-0.4, -0.2) is 19.4 Å². The van der Waals surface area contributed by atoms with Crippen LogP contribution in [0, 0.1) is 0 Å². The first-order chi connectivity index (χ1) is 11.2. The molecule has 6 heteroatoms. The number of halogens is 1. The van der Waals surface area contributed by atoms with Crippen LogP contribution < -0.4 is 20.1 Å². The zero-order valence-electron chi connectivity index (χ0n) is 12.5. The maximum atomic E-state index is 11.8. The van der Waals surface area contributed by atoms with Crippen molar-refractivity contribution < 1.29 is 14.3 Å². The Morgan fingerprint density at radius 2 is 1.91 bits per heavy atom. The fraction of sp³-hybridized carbons (Fsp3) is 0.235. The minimum absolute atomic E-state index is 0.213. The van der Waals surface area contributed by atoms with E-state index in [1.54, 1.807) is 0 Å². The summed E-state index contributed by atoms with van der Waals surface area (Å²) in [5, 5.41) is 6.35. The lowest BCUT2D eigenvalue weighted by molar-refractivity contribution is 0.174. The molecule has 5 nitrogen and oxygen atoms in total. The van der Waals surface area contributed by atoms with Crippen LogP contribution in [0.2, 0.25) is 5.02 Å². The van der Waals surface area contributed by atoms with E-state index in [2.05, 4.69) is 10.6 Å². The van der Waals surface area contributed by atoms with Gasteiger partial charge in [-0.25, -0.2) is 4.79 Å². The molecule has 2 aromatic carbocycles. The first-order valence-corrected chi connectivity index (χ1v) is 7.74. The Bertz CT molecular complexity index is 706. The molecular weight excluding hydrogens is 316 g/mol. The van der Waals surface area contributed by atoms with Crippen molar-refractivity contribution in [1.29, 1.82) is 0 Å². The van der Waals surface area contributed by atoms with Crippen LogP contribution in [-0.2, 0) is 13.0 Å². The van der Waals surface area contributed by atoms with E-state index in [0.29, 0.717) is 25.3 Å². The Morgan fingerprint density at radius 3 is 2.78 bits per heavy atom. The van der Waals surface area contributed by atoms with Crippen molar-refractivity contribution in [3.05, 3.63) is 58.6 Å². The van der Waals surface area contributed by atoms with Crippen molar-refractivity contribution in [1.82, 2.24) is 10.6 Å². The van der Waals surface area contributed by atoms with E-state index in [1.165, 1.54) is 0 Å². The van der Waals surface area contributed by atoms with E-state index >= 15 is 0 Å². The summed E-state index contributed by atoms with van der Waals surface area (Å²) in [4.78, 5) is 11.8. The lowest BCUT2D eigenvalue weighted by Gasteiger charge is -2.09. The van der Waals surface area contributed by atoms with Crippen molar-refractivity contribution in [2.45, 2.75) is 13.0 Å². The number of carbonyl (C=O) groups is 1. The number of benzene rings is 2. The number of urea groups is 1. The zero-order valence-corrected chi connectivity index (χ0v) is 13.2. The highest BCUT2D eigenvalue weighted by Gasteiger charge is 2.13. The lowest BCUT2D eigenvalue weighted by atomic mass is 10.1. The molecule has 0 spiro atoms. The van der Waals surface area contributed by atoms with Gasteiger partial charge in [-0.05, 0) is 35.7 Å². The number of nitrogens with one attached hydrogen (secondary N) is 2. The summed E-state index contributed by atoms with van der Waals surface area (Å²) in [5.74, 6) is 1.45. The SMILES string of the molecule is O=C(NCCc1ccccc1Cl)NCc1ccc2c(c1)OCO2. The molecule has 1 heterocycles. The van der Waals surface area contributed by atoms with Crippen LogP contribution in [0.25, 0.3) is 0 Å². The summed E-state index contributed by atoms with van der Waals surface area (Å²) < 4.78 is 10.6. The van der Waals surface area contributed by atoms with Crippen molar-refractivity contribution in [2.24, 2.45) is 0 Å². The molecule has 0 saturated carbocycles. The van der Waals surface area contributed by atoms with E-state index in [1.807, 2.05) is 42.5 Å². The first-order valence-electron chi connectivity index (χ1n) is 7.36. The topological polar surface area (TPSA) is 59.6 Å². The molecule has 0 fully saturated rings. The van der Waals surface area contributed by atoms with Crippen molar-refractivity contribution in [3.8, 4) is 11.5 Å². The van der Waals surface area contributed by atoms with Crippen LogP contribution in [0.5, 0.6) is 11.5 Å². The van der Waals surface area contributed by atoms with Gasteiger partial charge in [0.05, 0.1) is 0 Å². The van der Waals surface area contributed by atoms with Crippen LogP contribution in [0.4, 0.5) is 4.79 Å². The minimum atomic E-state index is -0.213. The number of carbonyl (C=O) groups excluding carboxylic acids is 1. The third-order valence-electron chi connectivity index (χ3n) is 3.53. The van der Waals surface area contributed by atoms with Gasteiger partial charge in [0.2, 0.25) is 6.79 Å². The maximum absolute atomic E-state index is 11.8. The fourth-order valence-corrected chi connectivity index (χ4v) is 2.54. The summed E-state index contributed by atoms with van der Waals surface area (Å²) in [7, 11) is 0. The van der Waals surface area contributed by atoms with E-state index in [4.69, 9.17) is 21.1 Å². The van der Waals surface area contributed by atoms with Crippen LogP contribution in [0.3, 0.4) is 0 Å². The second-order valence-corrected chi connectivity index (χ2v) is 5.55. The average Bonchev–Trinajstić information content (AvgIpc) is 3.02. The van der Waals surface area contributed by atoms with Crippen LogP contribution in [0.15, 0.2) is 42.5 Å². The lowest BCUT2D eigenvalue weighted by Crippen LogP contribution is -2.36. The molecule has 0 atom stereocenters. The molecule has 2 N–H and O–H groups in total. The second kappa shape index (κ2) is 7.24. The van der Waals surface area contributed by atoms with Gasteiger partial charge in [-0.15, -0.1) is 0 Å². The van der Waals surface area contributed by atoms with Gasteiger partial charge in [-0.2, -0.15) is 0 Å². The zero-order chi connectivity index (χ0) is 16.1. The number of amides is 2. The maximum Gasteiger partial charge on any atom is 0.315 e. The number of ether oxygens (including phenoxy) is 2. The molecule has 2 amide bonds. The standard InChI is InChI=1S/C17H17ClN2O3/c18-14-4-2-1-3-13(14)7-8-19-17(21)20-10-12-5-6-15-16(9-12)23-11-22-15/h1-6,9H,7-8,10-11H2,(H2,19,20,21). The van der Waals surface area contributed by atoms with Crippen molar-refractivity contribution in [2.75, 3.05) is 13.3 Å². The summed E-state index contributed by atoms with van der Waals surface area (Å²) in [6, 6.07) is 13.0. The van der Waals surface area contributed by atoms with Gasteiger partial charge in [0.15, 0.2) is 11.5 Å². The molecule has 0 unspecified atom stereocenters. The molecule has 0 aliphatic carbocycles. The number of hydrogen-bond donors (Lipinski definition) is 2. The molecule has 0 bridgehead atoms. The Balaban J connectivity index is 1.42. The van der Waals surface area contributed by atoms with Crippen LogP contribution >= 0.6 is 11.6 Å². The highest BCUT2D eigenvalue weighted by atomic mass is 35.5. The molecule has 23 heavy (non-hydrogen) atoms. The summed E-state index contributed by atoms with van der Waals surface area (Å²) in [6.45, 7) is 1.19. The molecule has 0 radical (unpaired) electrons. The summed E-state index contributed by atoms with van der Waals surface area (Å²) >= 11 is 6.08. The molecule has 0 saturated heterocycles. The summed E-state index contributed by atoms with van der Waals surface area (Å²) in [6.07, 6.45) is 0.692. The quantitative estimate of drug-likeness (QED) is 0.884. The van der Waals surface area contributed by atoms with Gasteiger partial charge in [0.1, 0.15) is 0 Å². The normalized spacial score (nSPS) is 12.0. The molecule has 1 aliphatic heterocycles. The van der Waals surface area contributed by atoms with Gasteiger partial charge in [-0.1, -0.05) is 35.9 Å². The molecular formula is C17H17ClN2O3. The van der Waals surface area contributed by atoms with E-state index in [-0.39, 0.29) is 12.8 Å². The van der Waals surface area contributed by atoms with Crippen molar-refractivity contribution in [3.63, 3.8) is 0 Å². The van der Waals surface area contributed by atoms with E-state index in [0.717, 1.165) is 21.9 Å². The van der Waals surface area contributed by atoms with Crippen LogP contribution in [0.1, 0.15) is 11.1 Å². The molecule has 2 aromatic rings. The van der Waals surface area contributed by atoms with Gasteiger partial charge in [-0.3, -0.25) is 0 Å². The second-order valence-electron chi connectivity index (χ2n) is 5.14. The average molecular weight is 333 g/mol. The van der Waals surface area contributed by atoms with E-state index in [9.17, 15) is 4.79 Å². The highest BCUT2D eigenvalue weighted by Crippen LogP contribution is 2.32. The molecule has 120 valence electrons. The minimum Gasteiger partial charge on any atom is -0.454 e. The molecule has 1 aliphatic rings. The van der Waals surface area contributed by atoms with E-state index < -0.39 is 0 Å². The predicted molar refractivity (Wildman–Crippen MR) is 88.0 cm³/mol. The van der Waals surface area contributed by atoms with Gasteiger partial charge < -0.3 is 20.1 Å². The third kappa shape index (κ3) is 4.07. The molecule has 3 rings (SSSR count). The number of fused-ring (bicyclic) bond motifs is 1. The highest BCUT2D eigenvalue weighted by molar-refractivity contribution is 6.31. The smallest absolute Gasteiger partial charge is 0.315 e. The Labute approximate surface area is 139 Å². The fourth-order valence-electron chi connectivity index (χ4n) is 2.31. The Kier molecular flexibility index (Phi) is 4.88. The van der Waals surface area contributed by atoms with Crippen molar-refractivity contribution >= 4 is 17.6 Å². The third-order valence-corrected chi connectivity index (χ3v) is 3.90. The van der Waals surface area contributed by atoms with Gasteiger partial charge in [0.25, 0.3) is 0 Å².